The number of unbranched alkanes of at least 4 members (excludes halogenated alkanes) is 3. The average Bonchev–Trinajstić information content (AvgIpc) is 3.75. The van der Waals surface area contributed by atoms with Crippen molar-refractivity contribution in [2.75, 3.05) is 25.4 Å². The van der Waals surface area contributed by atoms with E-state index < -0.39 is 106 Å². The molecular weight excluding hydrogens is 900 g/mol. The number of amides is 4. The number of aliphatic hydroxyl groups is 5. The minimum Gasteiger partial charge on any atom is -0.388 e. The first-order valence-corrected chi connectivity index (χ1v) is 23.6. The third-order valence-electron chi connectivity index (χ3n) is 10.1. The highest BCUT2D eigenvalue weighted by molar-refractivity contribution is 8.01. The van der Waals surface area contributed by atoms with Gasteiger partial charge in [0.05, 0.1) is 12.6 Å². The van der Waals surface area contributed by atoms with Crippen LogP contribution in [-0.4, -0.2) is 153 Å². The van der Waals surface area contributed by atoms with E-state index in [0.717, 1.165) is 35.4 Å². The molecule has 346 valence electrons. The summed E-state index contributed by atoms with van der Waals surface area (Å²) < 4.78 is 50.0. The molecular formula is C31H51N7O19P2S2. The van der Waals surface area contributed by atoms with Crippen molar-refractivity contribution in [1.82, 2.24) is 36.4 Å². The second-order valence-corrected chi connectivity index (χ2v) is 19.6. The predicted octanol–water partition coefficient (Wildman–Crippen LogP) is -3.51. The summed E-state index contributed by atoms with van der Waals surface area (Å²) in [5.41, 5.74) is 3.04. The van der Waals surface area contributed by atoms with Gasteiger partial charge in [-0.2, -0.15) is 16.1 Å². The summed E-state index contributed by atoms with van der Waals surface area (Å²) in [6.07, 6.45) is -11.2. The third-order valence-corrected chi connectivity index (χ3v) is 15.2. The van der Waals surface area contributed by atoms with E-state index in [0.29, 0.717) is 38.6 Å². The molecule has 7 unspecified atom stereocenters. The molecule has 0 spiro atoms. The second kappa shape index (κ2) is 21.5. The summed E-state index contributed by atoms with van der Waals surface area (Å²) in [4.78, 5) is 81.2. The Morgan fingerprint density at radius 1 is 0.918 bits per heavy atom. The van der Waals surface area contributed by atoms with Crippen LogP contribution in [0, 0.1) is 0 Å². The molecule has 4 aliphatic rings. The van der Waals surface area contributed by atoms with Crippen LogP contribution in [0.2, 0.25) is 0 Å². The zero-order chi connectivity index (χ0) is 44.7. The number of aromatic amines is 1. The maximum atomic E-state index is 12.7. The van der Waals surface area contributed by atoms with Gasteiger partial charge in [-0.05, 0) is 25.7 Å². The molecule has 4 saturated heterocycles. The van der Waals surface area contributed by atoms with Gasteiger partial charge >= 0.3 is 27.4 Å². The SMILES string of the molecule is O=C(CCCC[C@@H]1SC[C@@H]2NC(=O)N[C@@]21S)NCCCCCC(=O)NNCC1OC(OP(=O)(O)OP(=O)(O)OC[C@H]2O[C@@H](n3ccc(=O)[nH]c3=O)[C@H](O)[C@@H]2O)C(O)C(O)C1O. The Kier molecular flexibility index (Phi) is 17.4. The van der Waals surface area contributed by atoms with Crippen LogP contribution >= 0.6 is 40.0 Å². The molecule has 4 fully saturated rings. The number of thiol groups is 1. The Labute approximate surface area is 356 Å². The van der Waals surface area contributed by atoms with E-state index in [9.17, 15) is 68.4 Å². The minimum absolute atomic E-state index is 0.0225. The number of urea groups is 1. The fourth-order valence-electron chi connectivity index (χ4n) is 6.89. The molecule has 13 N–H and O–H groups in total. The summed E-state index contributed by atoms with van der Waals surface area (Å²) in [7, 11) is -11.3. The first-order chi connectivity index (χ1) is 28.7. The van der Waals surface area contributed by atoms with Crippen LogP contribution in [0.25, 0.3) is 0 Å². The Morgan fingerprint density at radius 2 is 1.62 bits per heavy atom. The number of nitrogens with zero attached hydrogens (tertiary/aromatic N) is 1. The number of hydrazine groups is 1. The van der Waals surface area contributed by atoms with Crippen molar-refractivity contribution in [3.05, 3.63) is 33.1 Å². The monoisotopic (exact) mass is 951 g/mol. The Balaban J connectivity index is 0.947. The van der Waals surface area contributed by atoms with Crippen molar-refractivity contribution < 1.29 is 81.7 Å². The molecule has 14 atom stereocenters. The lowest BCUT2D eigenvalue weighted by Gasteiger charge is -2.40. The van der Waals surface area contributed by atoms with E-state index in [2.05, 4.69) is 40.2 Å². The average molecular weight is 952 g/mol. The Morgan fingerprint density at radius 3 is 2.36 bits per heavy atom. The van der Waals surface area contributed by atoms with Gasteiger partial charge in [0, 0.05) is 49.2 Å². The Bertz CT molecular complexity index is 1920. The summed E-state index contributed by atoms with van der Waals surface area (Å²) >= 11 is 6.46. The number of hydrogen-bond acceptors (Lipinski definition) is 20. The number of thioether (sulfide) groups is 1. The normalized spacial score (nSPS) is 34.2. The van der Waals surface area contributed by atoms with Gasteiger partial charge in [0.25, 0.3) is 5.56 Å². The largest absolute Gasteiger partial charge is 0.483 e. The molecule has 0 bridgehead atoms. The zero-order valence-corrected chi connectivity index (χ0v) is 35.7. The van der Waals surface area contributed by atoms with E-state index in [1.54, 1.807) is 11.8 Å². The number of carbonyl (C=O) groups is 3. The smallest absolute Gasteiger partial charge is 0.388 e. The highest BCUT2D eigenvalue weighted by Gasteiger charge is 2.54. The molecule has 4 aliphatic heterocycles. The van der Waals surface area contributed by atoms with E-state index >= 15 is 0 Å². The number of hydrogen-bond donors (Lipinski definition) is 14. The van der Waals surface area contributed by atoms with Gasteiger partial charge in [-0.1, -0.05) is 12.8 Å². The number of carbonyl (C=O) groups excluding carboxylic acids is 3. The molecule has 0 aromatic carbocycles. The molecule has 1 aromatic heterocycles. The fourth-order valence-corrected chi connectivity index (χ4v) is 11.4. The maximum Gasteiger partial charge on any atom is 0.483 e. The van der Waals surface area contributed by atoms with E-state index in [4.69, 9.17) is 22.1 Å². The predicted molar refractivity (Wildman–Crippen MR) is 211 cm³/mol. The van der Waals surface area contributed by atoms with Gasteiger partial charge in [-0.3, -0.25) is 38.4 Å². The number of nitrogens with one attached hydrogen (secondary N) is 6. The van der Waals surface area contributed by atoms with Crippen molar-refractivity contribution in [3.63, 3.8) is 0 Å². The molecule has 4 amide bonds. The molecule has 0 aliphatic carbocycles. The zero-order valence-electron chi connectivity index (χ0n) is 32.2. The van der Waals surface area contributed by atoms with Gasteiger partial charge < -0.3 is 60.7 Å². The number of ether oxygens (including phenoxy) is 2. The van der Waals surface area contributed by atoms with Crippen LogP contribution in [-0.2, 0) is 41.6 Å². The second-order valence-electron chi connectivity index (χ2n) is 14.6. The quantitative estimate of drug-likeness (QED) is 0.0176. The Hall–Kier alpha value is -2.47. The summed E-state index contributed by atoms with van der Waals surface area (Å²) in [5, 5.41) is 60.4. The first-order valence-electron chi connectivity index (χ1n) is 19.1. The van der Waals surface area contributed by atoms with E-state index in [-0.39, 0.29) is 29.7 Å². The van der Waals surface area contributed by atoms with Gasteiger partial charge in [-0.25, -0.2) is 24.1 Å². The third kappa shape index (κ3) is 13.3. The van der Waals surface area contributed by atoms with Crippen molar-refractivity contribution in [2.45, 2.75) is 123 Å². The van der Waals surface area contributed by atoms with Gasteiger partial charge in [0.1, 0.15) is 47.6 Å². The number of rotatable bonds is 22. The van der Waals surface area contributed by atoms with Crippen LogP contribution < -0.4 is 38.1 Å². The highest BCUT2D eigenvalue weighted by Crippen LogP contribution is 2.61. The summed E-state index contributed by atoms with van der Waals surface area (Å²) in [6, 6.07) is 0.687. The lowest BCUT2D eigenvalue weighted by Crippen LogP contribution is -2.61. The molecule has 5 heterocycles. The van der Waals surface area contributed by atoms with Crippen LogP contribution in [0.15, 0.2) is 21.9 Å². The molecule has 5 rings (SSSR count). The van der Waals surface area contributed by atoms with Crippen molar-refractivity contribution in [3.8, 4) is 0 Å². The van der Waals surface area contributed by atoms with Crippen LogP contribution in [0.1, 0.15) is 57.6 Å². The van der Waals surface area contributed by atoms with Crippen LogP contribution in [0.5, 0.6) is 0 Å². The van der Waals surface area contributed by atoms with Gasteiger partial charge in [-0.15, -0.1) is 12.6 Å². The topological polar surface area (TPSA) is 388 Å². The van der Waals surface area contributed by atoms with Crippen molar-refractivity contribution in [1.29, 1.82) is 0 Å². The lowest BCUT2D eigenvalue weighted by atomic mass is 9.99. The number of aromatic nitrogens is 2. The number of aliphatic hydroxyl groups excluding tert-OH is 5. The highest BCUT2D eigenvalue weighted by atomic mass is 32.2. The molecule has 26 nitrogen and oxygen atoms in total. The van der Waals surface area contributed by atoms with Crippen LogP contribution in [0.4, 0.5) is 4.79 Å². The number of phosphoric ester groups is 2. The minimum atomic E-state index is -5.71. The van der Waals surface area contributed by atoms with Crippen molar-refractivity contribution >= 4 is 57.9 Å². The van der Waals surface area contributed by atoms with Crippen molar-refractivity contribution in [2.24, 2.45) is 0 Å². The maximum absolute atomic E-state index is 12.7. The molecule has 30 heteroatoms. The number of H-pyrrole nitrogens is 1. The standard InChI is InChI=1S/C31H51N7O19P2S2/c39-19(7-4-3-6-18-31(60)17(14-61-18)34-29(47)36-31)32-10-5-1-2-8-21(41)37-33-12-15-22(42)24(44)26(46)28(55-15)56-59(51,52)57-58(49,50)53-13-16-23(43)25(45)27(54-16)38-11-9-20(40)35-30(38)48/h9,11,15-18,22-28,33,42-46,60H,1-8,10,12-14H2,(H,32,39)(H,37,41)(H,49,50)(H,51,52)(H2,34,36,47)(H,35,40,48)/t15?,16-,17+,18+,22?,23-,24?,25-,26?,27-,28?,31-/m1/s1. The molecule has 0 radical (unpaired) electrons. The lowest BCUT2D eigenvalue weighted by molar-refractivity contribution is -0.274. The molecule has 61 heavy (non-hydrogen) atoms. The van der Waals surface area contributed by atoms with Crippen LogP contribution in [0.3, 0.4) is 0 Å². The molecule has 0 saturated carbocycles. The number of phosphoric acid groups is 2. The summed E-state index contributed by atoms with van der Waals surface area (Å²) in [6.45, 7) is -1.07. The van der Waals surface area contributed by atoms with E-state index in [1.165, 1.54) is 0 Å². The molecule has 1 aromatic rings. The van der Waals surface area contributed by atoms with Gasteiger partial charge in [0.15, 0.2) is 12.5 Å². The fraction of sp³-hybridized carbons (Fsp3) is 0.774. The first kappa shape index (κ1) is 49.5. The van der Waals surface area contributed by atoms with E-state index in [1.807, 2.05) is 4.98 Å². The van der Waals surface area contributed by atoms with Gasteiger partial charge in [0.2, 0.25) is 11.8 Å². The number of fused-ring (bicyclic) bond motifs is 1. The summed E-state index contributed by atoms with van der Waals surface area (Å²) in [5.74, 6) is 0.233.